The zero-order chi connectivity index (χ0) is 25.6. The van der Waals surface area contributed by atoms with E-state index in [9.17, 15) is 24.5 Å². The number of rotatable bonds is 13. The summed E-state index contributed by atoms with van der Waals surface area (Å²) in [4.78, 5) is 49.4. The van der Waals surface area contributed by atoms with Crippen LogP contribution in [0.2, 0.25) is 0 Å². The molecule has 0 bridgehead atoms. The SMILES string of the molecule is CCCCCCCCCCOC(=O)CC1C(=O)NCCN1C(=S)NC(=O)c1ccccc1[N+](=O)[O-]. The molecular weight excluding hydrogens is 472 g/mol. The lowest BCUT2D eigenvalue weighted by atomic mass is 10.1. The number of ether oxygens (including phenoxy) is 1. The van der Waals surface area contributed by atoms with Crippen LogP contribution in [0.15, 0.2) is 24.3 Å². The highest BCUT2D eigenvalue weighted by atomic mass is 32.1. The number of hydrogen-bond donors (Lipinski definition) is 2. The summed E-state index contributed by atoms with van der Waals surface area (Å²) in [5.41, 5.74) is -0.507. The standard InChI is InChI=1S/C24H34N4O6S/c1-2-3-4-5-6-7-8-11-16-34-21(29)17-20-23(31)25-14-15-27(20)24(35)26-22(30)18-12-9-10-13-19(18)28(32)33/h9-10,12-13,20H,2-8,11,14-17H2,1H3,(H,25,31)(H,26,30,35). The summed E-state index contributed by atoms with van der Waals surface area (Å²) < 4.78 is 5.31. The molecule has 1 aromatic carbocycles. The van der Waals surface area contributed by atoms with Gasteiger partial charge in [-0.2, -0.15) is 0 Å². The number of nitrogens with zero attached hydrogens (tertiary/aromatic N) is 2. The molecular formula is C24H34N4O6S. The molecule has 1 aliphatic rings. The summed E-state index contributed by atoms with van der Waals surface area (Å²) in [7, 11) is 0. The Kier molecular flexibility index (Phi) is 12.1. The summed E-state index contributed by atoms with van der Waals surface area (Å²) in [6.45, 7) is 3.04. The third kappa shape index (κ3) is 9.23. The summed E-state index contributed by atoms with van der Waals surface area (Å²) in [5, 5.41) is 16.3. The van der Waals surface area contributed by atoms with Crippen molar-refractivity contribution >= 4 is 40.8 Å². The molecule has 0 aromatic heterocycles. The number of nitro groups is 1. The molecule has 1 fully saturated rings. The van der Waals surface area contributed by atoms with Gasteiger partial charge in [0.1, 0.15) is 11.6 Å². The highest BCUT2D eigenvalue weighted by Crippen LogP contribution is 2.18. The second kappa shape index (κ2) is 15.0. The van der Waals surface area contributed by atoms with Gasteiger partial charge in [0.15, 0.2) is 5.11 Å². The average molecular weight is 507 g/mol. The molecule has 2 amide bonds. The molecule has 0 spiro atoms. The molecule has 1 aromatic rings. The second-order valence-corrected chi connectivity index (χ2v) is 8.82. The number of piperazine rings is 1. The van der Waals surface area contributed by atoms with Crippen LogP contribution in [-0.2, 0) is 14.3 Å². The summed E-state index contributed by atoms with van der Waals surface area (Å²) in [6, 6.07) is 4.56. The first-order chi connectivity index (χ1) is 16.8. The monoisotopic (exact) mass is 506 g/mol. The van der Waals surface area contributed by atoms with Crippen molar-refractivity contribution in [1.82, 2.24) is 15.5 Å². The lowest BCUT2D eigenvalue weighted by Gasteiger charge is -2.36. The number of benzene rings is 1. The summed E-state index contributed by atoms with van der Waals surface area (Å²) in [6.07, 6.45) is 8.80. The van der Waals surface area contributed by atoms with Crippen molar-refractivity contribution in [2.45, 2.75) is 70.8 Å². The van der Waals surface area contributed by atoms with Gasteiger partial charge in [0.25, 0.3) is 11.6 Å². The van der Waals surface area contributed by atoms with E-state index >= 15 is 0 Å². The molecule has 11 heteroatoms. The van der Waals surface area contributed by atoms with E-state index in [0.717, 1.165) is 19.3 Å². The van der Waals surface area contributed by atoms with E-state index in [1.165, 1.54) is 61.3 Å². The smallest absolute Gasteiger partial charge is 0.308 e. The highest BCUT2D eigenvalue weighted by Gasteiger charge is 2.34. The minimum absolute atomic E-state index is 0.0797. The van der Waals surface area contributed by atoms with E-state index < -0.39 is 28.7 Å². The fraction of sp³-hybridized carbons (Fsp3) is 0.583. The number of amides is 2. The number of carbonyl (C=O) groups excluding carboxylic acids is 3. The first-order valence-electron chi connectivity index (χ1n) is 12.1. The van der Waals surface area contributed by atoms with Crippen LogP contribution in [-0.4, -0.2) is 58.5 Å². The van der Waals surface area contributed by atoms with Crippen molar-refractivity contribution in [3.8, 4) is 0 Å². The molecule has 0 radical (unpaired) electrons. The van der Waals surface area contributed by atoms with E-state index in [4.69, 9.17) is 17.0 Å². The van der Waals surface area contributed by atoms with Crippen LogP contribution in [0.4, 0.5) is 5.69 Å². The molecule has 0 saturated carbocycles. The van der Waals surface area contributed by atoms with Gasteiger partial charge < -0.3 is 15.0 Å². The number of para-hydroxylation sites is 1. The number of carbonyl (C=O) groups is 3. The zero-order valence-corrected chi connectivity index (χ0v) is 20.9. The van der Waals surface area contributed by atoms with Crippen LogP contribution in [0.3, 0.4) is 0 Å². The topological polar surface area (TPSA) is 131 Å². The van der Waals surface area contributed by atoms with E-state index in [1.807, 2.05) is 0 Å². The second-order valence-electron chi connectivity index (χ2n) is 8.43. The van der Waals surface area contributed by atoms with Gasteiger partial charge in [-0.3, -0.25) is 29.8 Å². The van der Waals surface area contributed by atoms with Gasteiger partial charge in [-0.1, -0.05) is 64.0 Å². The van der Waals surface area contributed by atoms with Gasteiger partial charge in [-0.25, -0.2) is 0 Å². The molecule has 2 rings (SSSR count). The normalized spacial score (nSPS) is 15.3. The zero-order valence-electron chi connectivity index (χ0n) is 20.1. The maximum atomic E-state index is 12.6. The van der Waals surface area contributed by atoms with Crippen molar-refractivity contribution in [3.63, 3.8) is 0 Å². The summed E-state index contributed by atoms with van der Waals surface area (Å²) in [5.74, 6) is -1.68. The molecule has 1 aliphatic heterocycles. The lowest BCUT2D eigenvalue weighted by molar-refractivity contribution is -0.385. The van der Waals surface area contributed by atoms with E-state index in [-0.39, 0.29) is 35.9 Å². The first-order valence-corrected chi connectivity index (χ1v) is 12.5. The number of unbranched alkanes of at least 4 members (excludes halogenated alkanes) is 7. The number of nitrogens with one attached hydrogen (secondary N) is 2. The van der Waals surface area contributed by atoms with E-state index in [2.05, 4.69) is 17.6 Å². The molecule has 2 N–H and O–H groups in total. The van der Waals surface area contributed by atoms with Gasteiger partial charge >= 0.3 is 5.97 Å². The van der Waals surface area contributed by atoms with Crippen LogP contribution in [0, 0.1) is 10.1 Å². The largest absolute Gasteiger partial charge is 0.466 e. The van der Waals surface area contributed by atoms with Crippen molar-refractivity contribution < 1.29 is 24.0 Å². The molecule has 192 valence electrons. The third-order valence-electron chi connectivity index (χ3n) is 5.78. The minimum Gasteiger partial charge on any atom is -0.466 e. The van der Waals surface area contributed by atoms with Crippen molar-refractivity contribution in [1.29, 1.82) is 0 Å². The molecule has 35 heavy (non-hydrogen) atoms. The molecule has 1 saturated heterocycles. The molecule has 1 unspecified atom stereocenters. The van der Waals surface area contributed by atoms with Crippen LogP contribution < -0.4 is 10.6 Å². The number of hydrogen-bond acceptors (Lipinski definition) is 7. The Morgan fingerprint density at radius 3 is 2.51 bits per heavy atom. The van der Waals surface area contributed by atoms with Crippen molar-refractivity contribution in [2.24, 2.45) is 0 Å². The Labute approximate surface area is 210 Å². The maximum absolute atomic E-state index is 12.6. The van der Waals surface area contributed by atoms with Crippen molar-refractivity contribution in [2.75, 3.05) is 19.7 Å². The van der Waals surface area contributed by atoms with Crippen LogP contribution in [0.25, 0.3) is 0 Å². The van der Waals surface area contributed by atoms with Crippen LogP contribution in [0.5, 0.6) is 0 Å². The number of thiocarbonyl (C=S) groups is 1. The van der Waals surface area contributed by atoms with E-state index in [1.54, 1.807) is 0 Å². The van der Waals surface area contributed by atoms with E-state index in [0.29, 0.717) is 6.61 Å². The first kappa shape index (κ1) is 28.2. The van der Waals surface area contributed by atoms with Gasteiger partial charge in [0.05, 0.1) is 18.0 Å². The van der Waals surface area contributed by atoms with Gasteiger partial charge in [0, 0.05) is 19.2 Å². The summed E-state index contributed by atoms with van der Waals surface area (Å²) >= 11 is 5.31. The fourth-order valence-electron chi connectivity index (χ4n) is 3.86. The van der Waals surface area contributed by atoms with Crippen LogP contribution >= 0.6 is 12.2 Å². The maximum Gasteiger partial charge on any atom is 0.308 e. The van der Waals surface area contributed by atoms with Gasteiger partial charge in [-0.05, 0) is 24.7 Å². The van der Waals surface area contributed by atoms with Gasteiger partial charge in [-0.15, -0.1) is 0 Å². The third-order valence-corrected chi connectivity index (χ3v) is 6.12. The minimum atomic E-state index is -0.937. The Hall–Kier alpha value is -3.08. The highest BCUT2D eigenvalue weighted by molar-refractivity contribution is 7.80. The average Bonchev–Trinajstić information content (AvgIpc) is 2.84. The van der Waals surface area contributed by atoms with Crippen LogP contribution in [0.1, 0.15) is 75.1 Å². The predicted molar refractivity (Wildman–Crippen MR) is 135 cm³/mol. The fourth-order valence-corrected chi connectivity index (χ4v) is 4.17. The molecule has 10 nitrogen and oxygen atoms in total. The number of nitro benzene ring substituents is 1. The Bertz CT molecular complexity index is 910. The Morgan fingerprint density at radius 1 is 1.17 bits per heavy atom. The predicted octanol–water partition coefficient (Wildman–Crippen LogP) is 3.48. The Balaban J connectivity index is 1.84. The quantitative estimate of drug-likeness (QED) is 0.137. The molecule has 1 atom stereocenters. The lowest BCUT2D eigenvalue weighted by Crippen LogP contribution is -2.60. The molecule has 1 heterocycles. The van der Waals surface area contributed by atoms with Gasteiger partial charge in [0.2, 0.25) is 5.91 Å². The molecule has 0 aliphatic carbocycles. The number of esters is 1. The van der Waals surface area contributed by atoms with Crippen molar-refractivity contribution in [3.05, 3.63) is 39.9 Å². The Morgan fingerprint density at radius 2 is 1.83 bits per heavy atom.